The quantitative estimate of drug-likeness (QED) is 0.487. The highest BCUT2D eigenvalue weighted by molar-refractivity contribution is 6.32. The Morgan fingerprint density at radius 2 is 1.94 bits per heavy atom. The molecule has 2 rings (SSSR count). The van der Waals surface area contributed by atoms with Crippen molar-refractivity contribution in [2.75, 3.05) is 0 Å². The lowest BCUT2D eigenvalue weighted by molar-refractivity contribution is -0.383. The Morgan fingerprint density at radius 1 is 1.33 bits per heavy atom. The molecule has 0 radical (unpaired) electrons. The number of aromatic nitrogens is 2. The van der Waals surface area contributed by atoms with Gasteiger partial charge in [0.2, 0.25) is 0 Å². The highest BCUT2D eigenvalue weighted by atomic mass is 35.5. The largest absolute Gasteiger partial charge is 0.316 e. The number of nitrogens with one attached hydrogen (secondary N) is 2. The number of nitro groups is 1. The maximum atomic E-state index is 11.2. The van der Waals surface area contributed by atoms with E-state index in [1.54, 1.807) is 6.92 Å². The second kappa shape index (κ2) is 4.26. The van der Waals surface area contributed by atoms with Gasteiger partial charge in [-0.3, -0.25) is 19.7 Å². The molecule has 1 heterocycles. The van der Waals surface area contributed by atoms with Gasteiger partial charge >= 0.3 is 11.1 Å². The number of rotatable bonds is 2. The lowest BCUT2D eigenvalue weighted by Crippen LogP contribution is -2.29. The van der Waals surface area contributed by atoms with Gasteiger partial charge in [0, 0.05) is 0 Å². The topological polar surface area (TPSA) is 109 Å². The van der Waals surface area contributed by atoms with Crippen LogP contribution in [0, 0.1) is 10.1 Å². The van der Waals surface area contributed by atoms with Gasteiger partial charge in [-0.2, -0.15) is 0 Å². The van der Waals surface area contributed by atoms with Crippen LogP contribution in [0.4, 0.5) is 5.69 Å². The summed E-state index contributed by atoms with van der Waals surface area (Å²) in [4.78, 5) is 37.3. The zero-order valence-electron chi connectivity index (χ0n) is 9.24. The normalized spacial score (nSPS) is 10.8. The fourth-order valence-corrected chi connectivity index (χ4v) is 2.12. The van der Waals surface area contributed by atoms with Crippen LogP contribution in [0.3, 0.4) is 0 Å². The van der Waals surface area contributed by atoms with Crippen molar-refractivity contribution >= 4 is 28.3 Å². The number of nitrogens with zero attached hydrogens (tertiary/aromatic N) is 1. The predicted octanol–water partition coefficient (Wildman–Crippen LogP) is 1.34. The first kappa shape index (κ1) is 12.3. The van der Waals surface area contributed by atoms with Crippen LogP contribution in [0.5, 0.6) is 0 Å². The van der Waals surface area contributed by atoms with Gasteiger partial charge in [-0.05, 0) is 12.5 Å². The third kappa shape index (κ3) is 1.78. The first-order valence-electron chi connectivity index (χ1n) is 5.07. The highest BCUT2D eigenvalue weighted by Gasteiger charge is 2.22. The van der Waals surface area contributed by atoms with Crippen LogP contribution in [-0.2, 0) is 6.42 Å². The van der Waals surface area contributed by atoms with Crippen LogP contribution < -0.4 is 11.1 Å². The molecule has 0 bridgehead atoms. The molecule has 0 aliphatic heterocycles. The summed E-state index contributed by atoms with van der Waals surface area (Å²) in [6.07, 6.45) is 0.340. The molecule has 7 nitrogen and oxygen atoms in total. The minimum absolute atomic E-state index is 0.0224. The maximum Gasteiger partial charge on any atom is 0.314 e. The van der Waals surface area contributed by atoms with Crippen LogP contribution in [0.2, 0.25) is 5.02 Å². The molecule has 0 saturated carbocycles. The molecule has 0 saturated heterocycles. The van der Waals surface area contributed by atoms with Gasteiger partial charge in [-0.15, -0.1) is 0 Å². The lowest BCUT2D eigenvalue weighted by atomic mass is 10.1. The van der Waals surface area contributed by atoms with E-state index in [2.05, 4.69) is 9.97 Å². The van der Waals surface area contributed by atoms with Gasteiger partial charge in [0.25, 0.3) is 5.69 Å². The molecule has 2 N–H and O–H groups in total. The van der Waals surface area contributed by atoms with E-state index in [1.165, 1.54) is 6.07 Å². The fourth-order valence-electron chi connectivity index (χ4n) is 1.79. The number of hydrogen-bond acceptors (Lipinski definition) is 4. The van der Waals surface area contributed by atoms with E-state index in [0.717, 1.165) is 0 Å². The molecule has 8 heteroatoms. The minimum atomic E-state index is -0.935. The molecule has 18 heavy (non-hydrogen) atoms. The van der Waals surface area contributed by atoms with E-state index in [-0.39, 0.29) is 21.7 Å². The number of hydrogen-bond donors (Lipinski definition) is 2. The van der Waals surface area contributed by atoms with E-state index in [4.69, 9.17) is 11.6 Å². The van der Waals surface area contributed by atoms with E-state index < -0.39 is 16.0 Å². The zero-order valence-corrected chi connectivity index (χ0v) is 10.00. The lowest BCUT2D eigenvalue weighted by Gasteiger charge is -2.06. The van der Waals surface area contributed by atoms with E-state index in [0.29, 0.717) is 12.0 Å². The third-order valence-electron chi connectivity index (χ3n) is 2.58. The summed E-state index contributed by atoms with van der Waals surface area (Å²) in [7, 11) is 0. The number of fused-ring (bicyclic) bond motifs is 1. The number of nitro benzene ring substituents is 1. The standard InChI is InChI=1S/C10H8ClN3O4/c1-2-4-5(11)3-6-7(8(4)14(17)18)13-10(16)9(15)12-6/h3H,2H2,1H3,(H,12,15)(H,13,16). The predicted molar refractivity (Wildman–Crippen MR) is 66.2 cm³/mol. The summed E-state index contributed by atoms with van der Waals surface area (Å²) >= 11 is 5.93. The first-order valence-corrected chi connectivity index (χ1v) is 5.45. The molecular weight excluding hydrogens is 262 g/mol. The highest BCUT2D eigenvalue weighted by Crippen LogP contribution is 2.32. The number of aromatic amines is 2. The van der Waals surface area contributed by atoms with Gasteiger partial charge < -0.3 is 9.97 Å². The van der Waals surface area contributed by atoms with Crippen molar-refractivity contribution in [1.82, 2.24) is 9.97 Å². The smallest absolute Gasteiger partial charge is 0.314 e. The van der Waals surface area contributed by atoms with Crippen LogP contribution in [-0.4, -0.2) is 14.9 Å². The minimum Gasteiger partial charge on any atom is -0.316 e. The van der Waals surface area contributed by atoms with Crippen molar-refractivity contribution in [3.63, 3.8) is 0 Å². The third-order valence-corrected chi connectivity index (χ3v) is 2.92. The van der Waals surface area contributed by atoms with Crippen molar-refractivity contribution in [3.05, 3.63) is 47.5 Å². The number of H-pyrrole nitrogens is 2. The van der Waals surface area contributed by atoms with E-state index >= 15 is 0 Å². The van der Waals surface area contributed by atoms with Crippen LogP contribution >= 0.6 is 11.6 Å². The molecule has 1 aromatic heterocycles. The van der Waals surface area contributed by atoms with Crippen molar-refractivity contribution in [3.8, 4) is 0 Å². The molecule has 0 fully saturated rings. The Morgan fingerprint density at radius 3 is 2.50 bits per heavy atom. The Labute approximate surface area is 105 Å². The van der Waals surface area contributed by atoms with Crippen molar-refractivity contribution in [2.24, 2.45) is 0 Å². The van der Waals surface area contributed by atoms with Gasteiger partial charge in [-0.1, -0.05) is 18.5 Å². The van der Waals surface area contributed by atoms with Gasteiger partial charge in [0.15, 0.2) is 0 Å². The zero-order chi connectivity index (χ0) is 13.4. The van der Waals surface area contributed by atoms with Gasteiger partial charge in [0.05, 0.1) is 21.0 Å². The number of benzene rings is 1. The van der Waals surface area contributed by atoms with Gasteiger partial charge in [-0.25, -0.2) is 0 Å². The average molecular weight is 270 g/mol. The second-order valence-corrected chi connectivity index (χ2v) is 4.03. The summed E-state index contributed by atoms with van der Waals surface area (Å²) in [5.74, 6) is 0. The fraction of sp³-hybridized carbons (Fsp3) is 0.200. The molecule has 0 unspecified atom stereocenters. The van der Waals surface area contributed by atoms with Crippen molar-refractivity contribution < 1.29 is 4.92 Å². The Bertz CT molecular complexity index is 762. The van der Waals surface area contributed by atoms with E-state index in [9.17, 15) is 19.7 Å². The molecule has 94 valence electrons. The molecule has 0 amide bonds. The van der Waals surface area contributed by atoms with Crippen molar-refractivity contribution in [1.29, 1.82) is 0 Å². The maximum absolute atomic E-state index is 11.2. The molecule has 0 aliphatic carbocycles. The number of halogens is 1. The average Bonchev–Trinajstić information content (AvgIpc) is 2.29. The summed E-state index contributed by atoms with van der Waals surface area (Å²) in [6, 6.07) is 1.39. The summed E-state index contributed by atoms with van der Waals surface area (Å²) in [6.45, 7) is 1.71. The Balaban J connectivity index is 3.06. The molecule has 1 aromatic carbocycles. The molecule has 2 aromatic rings. The molecule has 0 spiro atoms. The summed E-state index contributed by atoms with van der Waals surface area (Å²) < 4.78 is 0. The van der Waals surface area contributed by atoms with Crippen LogP contribution in [0.15, 0.2) is 15.7 Å². The second-order valence-electron chi connectivity index (χ2n) is 3.63. The monoisotopic (exact) mass is 269 g/mol. The Kier molecular flexibility index (Phi) is 2.92. The molecule has 0 aliphatic rings. The summed E-state index contributed by atoms with van der Waals surface area (Å²) in [5, 5.41) is 11.3. The molecular formula is C10H8ClN3O4. The summed E-state index contributed by atoms with van der Waals surface area (Å²) in [5.41, 5.74) is -1.67. The van der Waals surface area contributed by atoms with Crippen LogP contribution in [0.25, 0.3) is 11.0 Å². The first-order chi connectivity index (χ1) is 8.45. The van der Waals surface area contributed by atoms with Gasteiger partial charge in [0.1, 0.15) is 5.52 Å². The molecule has 0 atom stereocenters. The van der Waals surface area contributed by atoms with E-state index in [1.807, 2.05) is 0 Å². The SMILES string of the molecule is CCc1c(Cl)cc2[nH]c(=O)c(=O)[nH]c2c1[N+](=O)[O-]. The van der Waals surface area contributed by atoms with Crippen molar-refractivity contribution in [2.45, 2.75) is 13.3 Å². The van der Waals surface area contributed by atoms with Crippen LogP contribution in [0.1, 0.15) is 12.5 Å². The Hall–Kier alpha value is -2.15.